The number of rotatable bonds is 2. The zero-order valence-corrected chi connectivity index (χ0v) is 10.7. The summed E-state index contributed by atoms with van der Waals surface area (Å²) in [5, 5.41) is 2.75. The molecule has 0 spiro atoms. The lowest BCUT2D eigenvalue weighted by molar-refractivity contribution is -0.116. The van der Waals surface area contributed by atoms with E-state index in [2.05, 4.69) is 5.32 Å². The molecule has 0 fully saturated rings. The summed E-state index contributed by atoms with van der Waals surface area (Å²) in [7, 11) is 0. The zero-order valence-electron chi connectivity index (χ0n) is 10.7. The quantitative estimate of drug-likeness (QED) is 0.852. The second-order valence-electron chi connectivity index (χ2n) is 4.73. The Hall–Kier alpha value is -2.49. The molecule has 0 bridgehead atoms. The molecule has 2 aromatic rings. The van der Waals surface area contributed by atoms with Crippen molar-refractivity contribution in [3.8, 4) is 0 Å². The van der Waals surface area contributed by atoms with Gasteiger partial charge in [-0.3, -0.25) is 9.59 Å². The third kappa shape index (κ3) is 2.20. The first kappa shape index (κ1) is 12.5. The van der Waals surface area contributed by atoms with Gasteiger partial charge in [0.1, 0.15) is 5.82 Å². The molecule has 1 aliphatic rings. The highest BCUT2D eigenvalue weighted by Gasteiger charge is 2.18. The van der Waals surface area contributed by atoms with Crippen molar-refractivity contribution in [2.24, 2.45) is 0 Å². The molecular formula is C16H12FNO2. The fourth-order valence-corrected chi connectivity index (χ4v) is 2.33. The molecule has 4 heteroatoms. The maximum atomic E-state index is 13.6. The number of nitrogens with one attached hydrogen (secondary N) is 1. The summed E-state index contributed by atoms with van der Waals surface area (Å²) in [6.45, 7) is 0. The van der Waals surface area contributed by atoms with Gasteiger partial charge in [-0.1, -0.05) is 12.1 Å². The van der Waals surface area contributed by atoms with E-state index in [0.717, 1.165) is 11.3 Å². The van der Waals surface area contributed by atoms with Crippen LogP contribution >= 0.6 is 0 Å². The largest absolute Gasteiger partial charge is 0.326 e. The molecule has 1 amide bonds. The van der Waals surface area contributed by atoms with E-state index in [1.54, 1.807) is 30.3 Å². The summed E-state index contributed by atoms with van der Waals surface area (Å²) in [5.74, 6) is -0.892. The van der Waals surface area contributed by atoms with Crippen molar-refractivity contribution in [2.45, 2.75) is 12.8 Å². The van der Waals surface area contributed by atoms with Gasteiger partial charge in [0.2, 0.25) is 5.91 Å². The van der Waals surface area contributed by atoms with Crippen molar-refractivity contribution < 1.29 is 14.0 Å². The van der Waals surface area contributed by atoms with Crippen LogP contribution in [0.1, 0.15) is 27.9 Å². The Bertz CT molecular complexity index is 709. The summed E-state index contributed by atoms with van der Waals surface area (Å²) < 4.78 is 13.6. The number of amides is 1. The SMILES string of the molecule is O=C1CCc2cc(C(=O)c3ccccc3F)ccc2N1. The molecule has 0 radical (unpaired) electrons. The minimum Gasteiger partial charge on any atom is -0.326 e. The van der Waals surface area contributed by atoms with Crippen LogP contribution in [0.25, 0.3) is 0 Å². The average Bonchev–Trinajstić information content (AvgIpc) is 2.46. The van der Waals surface area contributed by atoms with E-state index in [1.807, 2.05) is 0 Å². The molecule has 0 saturated carbocycles. The van der Waals surface area contributed by atoms with E-state index in [-0.39, 0.29) is 17.3 Å². The molecule has 1 N–H and O–H groups in total. The van der Waals surface area contributed by atoms with E-state index >= 15 is 0 Å². The predicted octanol–water partition coefficient (Wildman–Crippen LogP) is 2.94. The summed E-state index contributed by atoms with van der Waals surface area (Å²) in [4.78, 5) is 23.6. The van der Waals surface area contributed by atoms with Gasteiger partial charge < -0.3 is 5.32 Å². The zero-order chi connectivity index (χ0) is 14.1. The number of halogens is 1. The molecule has 2 aromatic carbocycles. The van der Waals surface area contributed by atoms with Crippen LogP contribution in [0, 0.1) is 5.82 Å². The van der Waals surface area contributed by atoms with Gasteiger partial charge in [0.25, 0.3) is 0 Å². The molecule has 100 valence electrons. The number of hydrogen-bond acceptors (Lipinski definition) is 2. The van der Waals surface area contributed by atoms with E-state index in [4.69, 9.17) is 0 Å². The van der Waals surface area contributed by atoms with Gasteiger partial charge in [-0.2, -0.15) is 0 Å². The Morgan fingerprint density at radius 1 is 1.10 bits per heavy atom. The Kier molecular flexibility index (Phi) is 3.06. The van der Waals surface area contributed by atoms with Crippen LogP contribution in [-0.4, -0.2) is 11.7 Å². The van der Waals surface area contributed by atoms with Gasteiger partial charge in [-0.05, 0) is 42.3 Å². The summed E-state index contributed by atoms with van der Waals surface area (Å²) in [5.41, 5.74) is 2.13. The second kappa shape index (κ2) is 4.89. The van der Waals surface area contributed by atoms with Crippen molar-refractivity contribution in [2.75, 3.05) is 5.32 Å². The maximum absolute atomic E-state index is 13.6. The average molecular weight is 269 g/mol. The monoisotopic (exact) mass is 269 g/mol. The highest BCUT2D eigenvalue weighted by molar-refractivity contribution is 6.09. The normalized spacial score (nSPS) is 13.6. The molecule has 1 heterocycles. The summed E-state index contributed by atoms with van der Waals surface area (Å²) >= 11 is 0. The second-order valence-corrected chi connectivity index (χ2v) is 4.73. The van der Waals surface area contributed by atoms with E-state index < -0.39 is 5.82 Å². The topological polar surface area (TPSA) is 46.2 Å². The minimum absolute atomic E-state index is 0.0225. The molecule has 1 aliphatic heterocycles. The Morgan fingerprint density at radius 2 is 1.90 bits per heavy atom. The van der Waals surface area contributed by atoms with Crippen molar-refractivity contribution in [3.05, 3.63) is 65.0 Å². The van der Waals surface area contributed by atoms with Crippen LogP contribution in [-0.2, 0) is 11.2 Å². The fraction of sp³-hybridized carbons (Fsp3) is 0.125. The van der Waals surface area contributed by atoms with Crippen LogP contribution in [0.2, 0.25) is 0 Å². The molecule has 20 heavy (non-hydrogen) atoms. The van der Waals surface area contributed by atoms with Gasteiger partial charge in [0, 0.05) is 17.7 Å². The first-order valence-electron chi connectivity index (χ1n) is 6.37. The lowest BCUT2D eigenvalue weighted by Gasteiger charge is -2.17. The van der Waals surface area contributed by atoms with Crippen LogP contribution < -0.4 is 5.32 Å². The number of hydrogen-bond donors (Lipinski definition) is 1. The van der Waals surface area contributed by atoms with Gasteiger partial charge >= 0.3 is 0 Å². The first-order valence-corrected chi connectivity index (χ1v) is 6.37. The van der Waals surface area contributed by atoms with Crippen molar-refractivity contribution in [1.29, 1.82) is 0 Å². The number of carbonyl (C=O) groups is 2. The molecule has 0 atom stereocenters. The Morgan fingerprint density at radius 3 is 2.70 bits per heavy atom. The number of fused-ring (bicyclic) bond motifs is 1. The standard InChI is InChI=1S/C16H12FNO2/c17-13-4-2-1-3-12(13)16(20)11-5-7-14-10(9-11)6-8-15(19)18-14/h1-5,7,9H,6,8H2,(H,18,19). The van der Waals surface area contributed by atoms with Gasteiger partial charge in [0.05, 0.1) is 5.56 Å². The number of aryl methyl sites for hydroxylation is 1. The molecule has 0 unspecified atom stereocenters. The minimum atomic E-state index is -0.525. The smallest absolute Gasteiger partial charge is 0.224 e. The lowest BCUT2D eigenvalue weighted by atomic mass is 9.96. The molecule has 0 aromatic heterocycles. The van der Waals surface area contributed by atoms with Crippen LogP contribution in [0.4, 0.5) is 10.1 Å². The number of carbonyl (C=O) groups excluding carboxylic acids is 2. The molecule has 3 nitrogen and oxygen atoms in total. The third-order valence-electron chi connectivity index (χ3n) is 3.38. The number of benzene rings is 2. The van der Waals surface area contributed by atoms with Crippen molar-refractivity contribution in [3.63, 3.8) is 0 Å². The fourth-order valence-electron chi connectivity index (χ4n) is 2.33. The van der Waals surface area contributed by atoms with Gasteiger partial charge in [-0.15, -0.1) is 0 Å². The Labute approximate surface area is 115 Å². The van der Waals surface area contributed by atoms with Crippen LogP contribution in [0.5, 0.6) is 0 Å². The molecule has 0 aliphatic carbocycles. The highest BCUT2D eigenvalue weighted by Crippen LogP contribution is 2.25. The molecule has 0 saturated heterocycles. The first-order chi connectivity index (χ1) is 9.65. The third-order valence-corrected chi connectivity index (χ3v) is 3.38. The van der Waals surface area contributed by atoms with Crippen LogP contribution in [0.15, 0.2) is 42.5 Å². The van der Waals surface area contributed by atoms with Gasteiger partial charge in [-0.25, -0.2) is 4.39 Å². The molecule has 3 rings (SSSR count). The van der Waals surface area contributed by atoms with Gasteiger partial charge in [0.15, 0.2) is 5.78 Å². The summed E-state index contributed by atoms with van der Waals surface area (Å²) in [6.07, 6.45) is 1.00. The summed E-state index contributed by atoms with van der Waals surface area (Å²) in [6, 6.07) is 11.0. The predicted molar refractivity (Wildman–Crippen MR) is 73.2 cm³/mol. The van der Waals surface area contributed by atoms with Crippen LogP contribution in [0.3, 0.4) is 0 Å². The molecular weight excluding hydrogens is 257 g/mol. The van der Waals surface area contributed by atoms with Crippen molar-refractivity contribution >= 4 is 17.4 Å². The number of anilines is 1. The maximum Gasteiger partial charge on any atom is 0.224 e. The Balaban J connectivity index is 1.98. The van der Waals surface area contributed by atoms with Crippen molar-refractivity contribution in [1.82, 2.24) is 0 Å². The lowest BCUT2D eigenvalue weighted by Crippen LogP contribution is -2.19. The van der Waals surface area contributed by atoms with E-state index in [9.17, 15) is 14.0 Å². The van der Waals surface area contributed by atoms with E-state index in [1.165, 1.54) is 12.1 Å². The number of ketones is 1. The van der Waals surface area contributed by atoms with E-state index in [0.29, 0.717) is 18.4 Å². The highest BCUT2D eigenvalue weighted by atomic mass is 19.1.